The maximum Gasteiger partial charge on any atom is 0.315 e. The summed E-state index contributed by atoms with van der Waals surface area (Å²) in [6.45, 7) is 11.8. The third kappa shape index (κ3) is 8.00. The fraction of sp³-hybridized carbons (Fsp3) is 0.571. The molecule has 1 saturated carbocycles. The van der Waals surface area contributed by atoms with Gasteiger partial charge in [-0.25, -0.2) is 14.8 Å². The number of rotatable bonds is 10. The quantitative estimate of drug-likeness (QED) is 0.157. The number of urea groups is 1. The first-order valence-corrected chi connectivity index (χ1v) is 14.4. The molecule has 0 spiro atoms. The van der Waals surface area contributed by atoms with Gasteiger partial charge in [0.1, 0.15) is 10.8 Å². The average molecular weight is 572 g/mol. The molecule has 0 bridgehead atoms. The van der Waals surface area contributed by atoms with Gasteiger partial charge in [-0.1, -0.05) is 12.1 Å². The number of carbonyl (C=O) groups excluding carboxylic acids is 1. The molecule has 0 saturated heterocycles. The zero-order valence-corrected chi connectivity index (χ0v) is 24.9. The number of thiazole rings is 1. The summed E-state index contributed by atoms with van der Waals surface area (Å²) in [7, 11) is 0. The van der Waals surface area contributed by atoms with Gasteiger partial charge in [-0.2, -0.15) is 4.98 Å². The molecular weight excluding hydrogens is 530 g/mol. The van der Waals surface area contributed by atoms with Crippen LogP contribution in [0.15, 0.2) is 24.3 Å². The molecule has 2 amide bonds. The lowest BCUT2D eigenvalue weighted by atomic mass is 10.1. The van der Waals surface area contributed by atoms with Gasteiger partial charge in [-0.3, -0.25) is 0 Å². The second-order valence-electron chi connectivity index (χ2n) is 11.8. The molecule has 3 aromatic rings. The molecule has 218 valence electrons. The van der Waals surface area contributed by atoms with Gasteiger partial charge in [0.05, 0.1) is 33.6 Å². The molecular formula is C28H41N7O4S. The van der Waals surface area contributed by atoms with Gasteiger partial charge in [0.25, 0.3) is 0 Å². The topological polar surface area (TPSA) is 154 Å². The van der Waals surface area contributed by atoms with Crippen LogP contribution < -0.4 is 21.3 Å². The average Bonchev–Trinajstić information content (AvgIpc) is 3.43. The van der Waals surface area contributed by atoms with E-state index in [0.717, 1.165) is 26.5 Å². The summed E-state index contributed by atoms with van der Waals surface area (Å²) in [4.78, 5) is 26.5. The summed E-state index contributed by atoms with van der Waals surface area (Å²) in [5.41, 5.74) is 2.12. The first kappa shape index (κ1) is 29.9. The van der Waals surface area contributed by atoms with Crippen molar-refractivity contribution in [3.63, 3.8) is 0 Å². The fourth-order valence-electron chi connectivity index (χ4n) is 4.80. The van der Waals surface area contributed by atoms with Gasteiger partial charge in [0, 0.05) is 25.2 Å². The molecule has 4 rings (SSSR count). The third-order valence-electron chi connectivity index (χ3n) is 6.40. The molecule has 2 heterocycles. The second kappa shape index (κ2) is 12.2. The van der Waals surface area contributed by atoms with Gasteiger partial charge in [-0.05, 0) is 72.4 Å². The minimum Gasteiger partial charge on any atom is -0.396 e. The van der Waals surface area contributed by atoms with Gasteiger partial charge < -0.3 is 36.2 Å². The number of hydrogen-bond acceptors (Lipinski definition) is 10. The van der Waals surface area contributed by atoms with Gasteiger partial charge in [0.15, 0.2) is 5.79 Å². The number of aliphatic hydroxyl groups excluding tert-OH is 1. The molecule has 40 heavy (non-hydrogen) atoms. The minimum atomic E-state index is -1.31. The lowest BCUT2D eigenvalue weighted by molar-refractivity contribution is -0.205. The van der Waals surface area contributed by atoms with Crippen molar-refractivity contribution in [2.75, 3.05) is 30.3 Å². The number of nitrogens with zero attached hydrogens (tertiary/aromatic N) is 3. The molecule has 11 nitrogen and oxygen atoms in total. The van der Waals surface area contributed by atoms with Crippen LogP contribution in [0.1, 0.15) is 53.2 Å². The number of nitrogens with one attached hydrogen (secondary N) is 4. The van der Waals surface area contributed by atoms with Crippen LogP contribution >= 0.6 is 11.3 Å². The fourth-order valence-corrected chi connectivity index (χ4v) is 5.87. The van der Waals surface area contributed by atoms with E-state index < -0.39 is 5.79 Å². The van der Waals surface area contributed by atoms with Crippen molar-refractivity contribution in [2.45, 2.75) is 77.9 Å². The number of ether oxygens (including phenoxy) is 1. The number of para-hydroxylation sites is 1. The molecule has 0 aliphatic heterocycles. The summed E-state index contributed by atoms with van der Waals surface area (Å²) in [5, 5.41) is 33.5. The number of aryl methyl sites for hydroxylation is 1. The summed E-state index contributed by atoms with van der Waals surface area (Å²) in [6, 6.07) is 7.53. The Morgan fingerprint density at radius 1 is 1.10 bits per heavy atom. The van der Waals surface area contributed by atoms with Crippen molar-refractivity contribution in [3.8, 4) is 10.6 Å². The molecule has 1 fully saturated rings. The van der Waals surface area contributed by atoms with Crippen LogP contribution in [0.25, 0.3) is 20.8 Å². The summed E-state index contributed by atoms with van der Waals surface area (Å²) in [5.74, 6) is -0.257. The SMILES string of the molecule is Cc1nc(NCCNC(=O)NC(C)(C)C)nc(N[C@@H]2C[C@H](CO)C[C@H]2OC(C)(C)O)c1-c1nc2ccccc2s1. The van der Waals surface area contributed by atoms with Crippen molar-refractivity contribution >= 4 is 39.4 Å². The smallest absolute Gasteiger partial charge is 0.315 e. The first-order chi connectivity index (χ1) is 18.8. The van der Waals surface area contributed by atoms with Crippen molar-refractivity contribution in [2.24, 2.45) is 5.92 Å². The minimum absolute atomic E-state index is 0.0417. The molecule has 3 atom stereocenters. The van der Waals surface area contributed by atoms with Crippen LogP contribution in [-0.2, 0) is 4.74 Å². The third-order valence-corrected chi connectivity index (χ3v) is 7.46. The number of carbonyl (C=O) groups is 1. The molecule has 1 aliphatic rings. The van der Waals surface area contributed by atoms with E-state index in [4.69, 9.17) is 19.7 Å². The van der Waals surface area contributed by atoms with E-state index in [1.54, 1.807) is 25.2 Å². The number of benzene rings is 1. The maximum absolute atomic E-state index is 12.1. The number of amides is 2. The van der Waals surface area contributed by atoms with Crippen LogP contribution in [0.3, 0.4) is 0 Å². The van der Waals surface area contributed by atoms with Crippen molar-refractivity contribution in [3.05, 3.63) is 30.0 Å². The lowest BCUT2D eigenvalue weighted by Gasteiger charge is -2.29. The Balaban J connectivity index is 1.60. The maximum atomic E-state index is 12.1. The Labute approximate surface area is 239 Å². The highest BCUT2D eigenvalue weighted by atomic mass is 32.1. The zero-order chi connectivity index (χ0) is 29.1. The molecule has 12 heteroatoms. The van der Waals surface area contributed by atoms with E-state index >= 15 is 0 Å². The second-order valence-corrected chi connectivity index (χ2v) is 12.8. The summed E-state index contributed by atoms with van der Waals surface area (Å²) in [6.07, 6.45) is 0.957. The van der Waals surface area contributed by atoms with E-state index in [2.05, 4.69) is 21.3 Å². The number of fused-ring (bicyclic) bond motifs is 1. The monoisotopic (exact) mass is 571 g/mol. The van der Waals surface area contributed by atoms with Gasteiger partial charge >= 0.3 is 6.03 Å². The molecule has 0 radical (unpaired) electrons. The predicted octanol–water partition coefficient (Wildman–Crippen LogP) is 3.87. The predicted molar refractivity (Wildman–Crippen MR) is 159 cm³/mol. The molecule has 0 unspecified atom stereocenters. The number of anilines is 2. The van der Waals surface area contributed by atoms with Crippen LogP contribution in [0, 0.1) is 12.8 Å². The number of aliphatic hydroxyl groups is 2. The van der Waals surface area contributed by atoms with Crippen LogP contribution in [0.4, 0.5) is 16.6 Å². The first-order valence-electron chi connectivity index (χ1n) is 13.6. The van der Waals surface area contributed by atoms with Crippen LogP contribution in [0.5, 0.6) is 0 Å². The van der Waals surface area contributed by atoms with Crippen LogP contribution in [0.2, 0.25) is 0 Å². The molecule has 1 aliphatic carbocycles. The standard InChI is InChI=1S/C28H41N7O4S/c1-16-22(24-33-18-9-7-8-10-21(18)40-24)23(32-19-13-17(15-36)14-20(19)39-28(5,6)38)34-25(31-16)29-11-12-30-26(37)35-27(2,3)4/h7-10,17,19-20,36,38H,11-15H2,1-6H3,(H2,30,35,37)(H2,29,31,32,34)/t17-,19+,20+/m0/s1. The zero-order valence-electron chi connectivity index (χ0n) is 24.0. The number of aromatic nitrogens is 3. The molecule has 2 aromatic heterocycles. The molecule has 1 aromatic carbocycles. The van der Waals surface area contributed by atoms with Gasteiger partial charge in [0.2, 0.25) is 5.95 Å². The van der Waals surface area contributed by atoms with Crippen molar-refractivity contribution in [1.29, 1.82) is 0 Å². The summed E-state index contributed by atoms with van der Waals surface area (Å²) >= 11 is 1.57. The highest BCUT2D eigenvalue weighted by molar-refractivity contribution is 7.21. The van der Waals surface area contributed by atoms with Gasteiger partial charge in [-0.15, -0.1) is 11.3 Å². The van der Waals surface area contributed by atoms with Crippen molar-refractivity contribution in [1.82, 2.24) is 25.6 Å². The number of hydrogen-bond donors (Lipinski definition) is 6. The Bertz CT molecular complexity index is 1290. The Kier molecular flexibility index (Phi) is 9.13. The summed E-state index contributed by atoms with van der Waals surface area (Å²) < 4.78 is 7.03. The lowest BCUT2D eigenvalue weighted by Crippen LogP contribution is -2.47. The van der Waals surface area contributed by atoms with E-state index in [1.165, 1.54) is 0 Å². The Morgan fingerprint density at radius 3 is 2.52 bits per heavy atom. The normalized spacial score (nSPS) is 19.6. The van der Waals surface area contributed by atoms with E-state index in [0.29, 0.717) is 37.7 Å². The Morgan fingerprint density at radius 2 is 1.85 bits per heavy atom. The largest absolute Gasteiger partial charge is 0.396 e. The highest BCUT2D eigenvalue weighted by Crippen LogP contribution is 2.39. The van der Waals surface area contributed by atoms with E-state index in [-0.39, 0.29) is 36.2 Å². The van der Waals surface area contributed by atoms with E-state index in [1.807, 2.05) is 52.0 Å². The molecule has 6 N–H and O–H groups in total. The van der Waals surface area contributed by atoms with Crippen LogP contribution in [-0.4, -0.2) is 74.4 Å². The van der Waals surface area contributed by atoms with E-state index in [9.17, 15) is 15.0 Å². The van der Waals surface area contributed by atoms with Crippen molar-refractivity contribution < 1.29 is 19.7 Å². The Hall–Kier alpha value is -3.06. The highest BCUT2D eigenvalue weighted by Gasteiger charge is 2.38.